The van der Waals surface area contributed by atoms with Gasteiger partial charge in [-0.3, -0.25) is 9.59 Å². The molecule has 114 valence electrons. The topological polar surface area (TPSA) is 34.1 Å². The van der Waals surface area contributed by atoms with Gasteiger partial charge in [0.05, 0.1) is 0 Å². The molecule has 2 nitrogen and oxygen atoms in total. The second-order valence-corrected chi connectivity index (χ2v) is 8.33. The fourth-order valence-corrected chi connectivity index (χ4v) is 6.08. The fourth-order valence-electron chi connectivity index (χ4n) is 6.08. The molecule has 0 aromatic carbocycles. The van der Waals surface area contributed by atoms with Gasteiger partial charge in [-0.1, -0.05) is 18.1 Å². The number of rotatable bonds is 0. The zero-order valence-electron chi connectivity index (χ0n) is 13.3. The molecule has 0 saturated heterocycles. The maximum Gasteiger partial charge on any atom is 0.143 e. The fraction of sp³-hybridized carbons (Fsp3) is 0.789. The molecule has 0 aliphatic heterocycles. The Bertz CT molecular complexity index is 558. The predicted octanol–water partition coefficient (Wildman–Crippen LogP) is 4.23. The van der Waals surface area contributed by atoms with Crippen molar-refractivity contribution in [2.75, 3.05) is 0 Å². The van der Waals surface area contributed by atoms with Crippen LogP contribution >= 0.6 is 0 Å². The Hall–Kier alpha value is -0.920. The van der Waals surface area contributed by atoms with E-state index < -0.39 is 0 Å². The molecule has 0 aromatic rings. The molecule has 4 aliphatic rings. The van der Waals surface area contributed by atoms with E-state index in [1.807, 2.05) is 0 Å². The molecule has 0 bridgehead atoms. The molecule has 3 saturated carbocycles. The van der Waals surface area contributed by atoms with Gasteiger partial charge in [-0.15, -0.1) is 0 Å². The highest BCUT2D eigenvalue weighted by Crippen LogP contribution is 2.62. The van der Waals surface area contributed by atoms with Crippen molar-refractivity contribution < 1.29 is 9.59 Å². The Balaban J connectivity index is 1.76. The van der Waals surface area contributed by atoms with E-state index >= 15 is 0 Å². The van der Waals surface area contributed by atoms with Gasteiger partial charge in [0.1, 0.15) is 11.6 Å². The minimum atomic E-state index is -0.125. The third kappa shape index (κ3) is 1.71. The molecular weight excluding hydrogens is 260 g/mol. The zero-order valence-corrected chi connectivity index (χ0v) is 13.3. The molecule has 0 radical (unpaired) electrons. The summed E-state index contributed by atoms with van der Waals surface area (Å²) >= 11 is 0. The molecule has 0 amide bonds. The van der Waals surface area contributed by atoms with E-state index in [2.05, 4.69) is 13.8 Å². The van der Waals surface area contributed by atoms with E-state index in [9.17, 15) is 9.59 Å². The summed E-state index contributed by atoms with van der Waals surface area (Å²) in [5.74, 6) is 2.20. The molecule has 0 spiro atoms. The maximum atomic E-state index is 12.3. The Morgan fingerprint density at radius 1 is 0.952 bits per heavy atom. The molecular formula is C19H26O2. The molecule has 0 unspecified atom stereocenters. The van der Waals surface area contributed by atoms with Gasteiger partial charge < -0.3 is 0 Å². The number of hydrogen-bond acceptors (Lipinski definition) is 2. The number of allylic oxidation sites excluding steroid dienone is 2. The smallest absolute Gasteiger partial charge is 0.143 e. The molecule has 4 rings (SSSR count). The summed E-state index contributed by atoms with van der Waals surface area (Å²) in [7, 11) is 0. The van der Waals surface area contributed by atoms with Crippen LogP contribution in [0.1, 0.15) is 71.6 Å². The monoisotopic (exact) mass is 286 g/mol. The molecule has 3 fully saturated rings. The number of carbonyl (C=O) groups is 2. The van der Waals surface area contributed by atoms with Crippen LogP contribution in [0.3, 0.4) is 0 Å². The van der Waals surface area contributed by atoms with Gasteiger partial charge in [-0.05, 0) is 62.7 Å². The first kappa shape index (κ1) is 13.7. The van der Waals surface area contributed by atoms with Crippen molar-refractivity contribution in [3.63, 3.8) is 0 Å². The molecule has 4 aliphatic carbocycles. The van der Waals surface area contributed by atoms with Crippen molar-refractivity contribution in [2.45, 2.75) is 71.6 Å². The molecule has 0 N–H and O–H groups in total. The average Bonchev–Trinajstić information content (AvgIpc) is 2.76. The van der Waals surface area contributed by atoms with Crippen molar-refractivity contribution in [1.29, 1.82) is 0 Å². The Morgan fingerprint density at radius 3 is 2.57 bits per heavy atom. The molecule has 2 heteroatoms. The molecule has 0 heterocycles. The van der Waals surface area contributed by atoms with Crippen molar-refractivity contribution in [3.05, 3.63) is 11.1 Å². The molecule has 4 atom stereocenters. The van der Waals surface area contributed by atoms with Crippen LogP contribution in [0.4, 0.5) is 0 Å². The number of Topliss-reactive ketones (excluding diaryl/α,β-unsaturated/α-hetero) is 2. The lowest BCUT2D eigenvalue weighted by Crippen LogP contribution is -2.47. The quantitative estimate of drug-likeness (QED) is 0.624. The number of carbonyl (C=O) groups excluding carboxylic acids is 2. The van der Waals surface area contributed by atoms with Gasteiger partial charge in [-0.25, -0.2) is 0 Å². The lowest BCUT2D eigenvalue weighted by atomic mass is 9.49. The highest BCUT2D eigenvalue weighted by molar-refractivity contribution is 5.91. The maximum absolute atomic E-state index is 12.3. The van der Waals surface area contributed by atoms with E-state index in [1.165, 1.54) is 18.4 Å². The van der Waals surface area contributed by atoms with E-state index in [-0.39, 0.29) is 5.41 Å². The average molecular weight is 286 g/mol. The van der Waals surface area contributed by atoms with E-state index in [0.29, 0.717) is 28.8 Å². The van der Waals surface area contributed by atoms with E-state index in [1.54, 1.807) is 5.57 Å². The summed E-state index contributed by atoms with van der Waals surface area (Å²) in [5, 5.41) is 0. The summed E-state index contributed by atoms with van der Waals surface area (Å²) in [5.41, 5.74) is 3.35. The first-order valence-corrected chi connectivity index (χ1v) is 8.72. The normalized spacial score (nSPS) is 46.2. The number of fused-ring (bicyclic) bond motifs is 4. The summed E-state index contributed by atoms with van der Waals surface area (Å²) in [6.45, 7) is 4.63. The van der Waals surface area contributed by atoms with E-state index in [0.717, 1.165) is 44.9 Å². The molecule has 21 heavy (non-hydrogen) atoms. The van der Waals surface area contributed by atoms with Crippen molar-refractivity contribution in [1.82, 2.24) is 0 Å². The van der Waals surface area contributed by atoms with Crippen LogP contribution in [0.5, 0.6) is 0 Å². The molecule has 0 aromatic heterocycles. The highest BCUT2D eigenvalue weighted by Gasteiger charge is 2.54. The summed E-state index contributed by atoms with van der Waals surface area (Å²) in [6, 6.07) is 0. The second-order valence-electron chi connectivity index (χ2n) is 8.33. The van der Waals surface area contributed by atoms with Crippen molar-refractivity contribution in [3.8, 4) is 0 Å². The lowest BCUT2D eigenvalue weighted by molar-refractivity contribution is -0.127. The summed E-state index contributed by atoms with van der Waals surface area (Å²) in [4.78, 5) is 24.2. The van der Waals surface area contributed by atoms with Gasteiger partial charge in [-0.2, -0.15) is 0 Å². The lowest BCUT2D eigenvalue weighted by Gasteiger charge is -2.54. The zero-order chi connectivity index (χ0) is 14.8. The Morgan fingerprint density at radius 2 is 1.76 bits per heavy atom. The van der Waals surface area contributed by atoms with Crippen molar-refractivity contribution >= 4 is 11.6 Å². The van der Waals surface area contributed by atoms with Crippen LogP contribution in [-0.4, -0.2) is 11.6 Å². The van der Waals surface area contributed by atoms with Crippen LogP contribution in [-0.2, 0) is 9.59 Å². The van der Waals surface area contributed by atoms with Crippen LogP contribution in [0, 0.1) is 22.7 Å². The summed E-state index contributed by atoms with van der Waals surface area (Å²) in [6.07, 6.45) is 8.98. The van der Waals surface area contributed by atoms with Gasteiger partial charge in [0.15, 0.2) is 0 Å². The van der Waals surface area contributed by atoms with Gasteiger partial charge in [0, 0.05) is 24.7 Å². The standard InChI is InChI=1S/C19H26O2/c1-18-9-7-13(20)11-12(18)3-4-14-15-5-6-17(21)19(15,2)10-8-16(14)18/h12,16H,3-11H2,1-2H3/t12-,16+,18+,19+/m1/s1. The van der Waals surface area contributed by atoms with Gasteiger partial charge >= 0.3 is 0 Å². The third-order valence-corrected chi connectivity index (χ3v) is 7.53. The van der Waals surface area contributed by atoms with Crippen LogP contribution in [0.2, 0.25) is 0 Å². The largest absolute Gasteiger partial charge is 0.300 e. The third-order valence-electron chi connectivity index (χ3n) is 7.53. The number of ketones is 2. The van der Waals surface area contributed by atoms with Gasteiger partial charge in [0.2, 0.25) is 0 Å². The van der Waals surface area contributed by atoms with Crippen LogP contribution in [0.25, 0.3) is 0 Å². The Labute approximate surface area is 127 Å². The Kier molecular flexibility index (Phi) is 2.81. The second kappa shape index (κ2) is 4.30. The minimum absolute atomic E-state index is 0.125. The van der Waals surface area contributed by atoms with Gasteiger partial charge in [0.25, 0.3) is 0 Å². The minimum Gasteiger partial charge on any atom is -0.300 e. The van der Waals surface area contributed by atoms with Crippen molar-refractivity contribution in [2.24, 2.45) is 22.7 Å². The van der Waals surface area contributed by atoms with E-state index in [4.69, 9.17) is 0 Å². The summed E-state index contributed by atoms with van der Waals surface area (Å²) < 4.78 is 0. The number of hydrogen-bond donors (Lipinski definition) is 0. The highest BCUT2D eigenvalue weighted by atomic mass is 16.1. The first-order chi connectivity index (χ1) is 9.95. The van der Waals surface area contributed by atoms with Crippen LogP contribution in [0.15, 0.2) is 11.1 Å². The van der Waals surface area contributed by atoms with Crippen LogP contribution < -0.4 is 0 Å². The SMILES string of the molecule is C[C@]12CC[C@H]3C(=C1CCC2=O)CC[C@@H]1CC(=O)CC[C@@]13C. The first-order valence-electron chi connectivity index (χ1n) is 8.72. The predicted molar refractivity (Wildman–Crippen MR) is 81.8 cm³/mol.